The molecule has 12 nitrogen and oxygen atoms in total. The maximum Gasteiger partial charge on any atom is 0.323 e. The van der Waals surface area contributed by atoms with Crippen molar-refractivity contribution in [3.63, 3.8) is 0 Å². The highest BCUT2D eigenvalue weighted by Gasteiger charge is 2.17. The van der Waals surface area contributed by atoms with E-state index in [0.717, 1.165) is 0 Å². The molecule has 0 aliphatic heterocycles. The second-order valence-electron chi connectivity index (χ2n) is 4.81. The largest absolute Gasteiger partial charge is 0.480 e. The smallest absolute Gasteiger partial charge is 0.323 e. The number of aliphatic carboxylic acids is 3. The molecule has 0 aromatic carbocycles. The van der Waals surface area contributed by atoms with Gasteiger partial charge in [-0.15, -0.1) is 0 Å². The van der Waals surface area contributed by atoms with Crippen LogP contribution in [-0.2, 0) is 14.4 Å². The second kappa shape index (κ2) is 13.6. The summed E-state index contributed by atoms with van der Waals surface area (Å²) in [4.78, 5) is 29.6. The summed E-state index contributed by atoms with van der Waals surface area (Å²) in [7, 11) is 0. The Hall–Kier alpha value is -1.83. The average molecular weight is 357 g/mol. The van der Waals surface area contributed by atoms with Gasteiger partial charge in [-0.3, -0.25) is 14.4 Å². The van der Waals surface area contributed by atoms with E-state index in [1.807, 2.05) is 0 Å². The fourth-order valence-electron chi connectivity index (χ4n) is 0.619. The van der Waals surface area contributed by atoms with Crippen LogP contribution in [0.3, 0.4) is 0 Å². The van der Waals surface area contributed by atoms with Crippen molar-refractivity contribution in [2.45, 2.75) is 57.2 Å². The summed E-state index contributed by atoms with van der Waals surface area (Å²) < 4.78 is 0. The quantitative estimate of drug-likeness (QED) is 0.223. The van der Waals surface area contributed by atoms with Gasteiger partial charge in [0.25, 0.3) is 0 Å². The standard InChI is InChI=1S/3C4H9NO3/c3*1-2(6)3(5)4(7)8/h3*2-3,6H,5H2,1H3,(H,7,8). The Morgan fingerprint density at radius 2 is 0.708 bits per heavy atom. The first kappa shape index (κ1) is 27.0. The molecule has 0 heterocycles. The molecule has 0 aliphatic carbocycles. The second-order valence-corrected chi connectivity index (χ2v) is 4.81. The van der Waals surface area contributed by atoms with Crippen molar-refractivity contribution >= 4 is 17.9 Å². The molecule has 144 valence electrons. The Kier molecular flexibility index (Phi) is 15.3. The predicted molar refractivity (Wildman–Crippen MR) is 81.9 cm³/mol. The summed E-state index contributed by atoms with van der Waals surface area (Å²) in [6.45, 7) is 4.00. The third-order valence-electron chi connectivity index (χ3n) is 2.41. The van der Waals surface area contributed by atoms with Gasteiger partial charge in [0.15, 0.2) is 0 Å². The Bertz CT molecular complexity index is 331. The predicted octanol–water partition coefficient (Wildman–Crippen LogP) is -3.66. The summed E-state index contributed by atoms with van der Waals surface area (Å²) in [6, 6.07) is -3.47. The molecule has 0 amide bonds. The van der Waals surface area contributed by atoms with Gasteiger partial charge in [0.1, 0.15) is 18.1 Å². The molecule has 0 rings (SSSR count). The minimum atomic E-state index is -1.18. The molecule has 0 spiro atoms. The molecule has 6 atom stereocenters. The normalized spacial score (nSPS) is 17.4. The highest BCUT2D eigenvalue weighted by molar-refractivity contribution is 5.74. The number of aliphatic hydroxyl groups is 3. The van der Waals surface area contributed by atoms with Gasteiger partial charge >= 0.3 is 17.9 Å². The zero-order valence-corrected chi connectivity index (χ0v) is 13.6. The van der Waals surface area contributed by atoms with Crippen molar-refractivity contribution in [2.24, 2.45) is 17.2 Å². The van der Waals surface area contributed by atoms with E-state index in [2.05, 4.69) is 0 Å². The molecule has 0 fully saturated rings. The Morgan fingerprint density at radius 3 is 0.708 bits per heavy atom. The van der Waals surface area contributed by atoms with Crippen molar-refractivity contribution in [2.75, 3.05) is 0 Å². The van der Waals surface area contributed by atoms with E-state index in [-0.39, 0.29) is 0 Å². The summed E-state index contributed by atoms with van der Waals surface area (Å²) in [5.74, 6) is -3.54. The number of carboxylic acid groups (broad SMARTS) is 3. The molecule has 0 bridgehead atoms. The Labute approximate surface area is 138 Å². The van der Waals surface area contributed by atoms with E-state index >= 15 is 0 Å². The van der Waals surface area contributed by atoms with Crippen LogP contribution in [0.15, 0.2) is 0 Å². The van der Waals surface area contributed by atoms with Crippen molar-refractivity contribution in [3.05, 3.63) is 0 Å². The zero-order valence-electron chi connectivity index (χ0n) is 13.6. The first-order valence-corrected chi connectivity index (χ1v) is 6.66. The molecule has 0 saturated carbocycles. The van der Waals surface area contributed by atoms with E-state index in [1.54, 1.807) is 0 Å². The van der Waals surface area contributed by atoms with Crippen molar-refractivity contribution in [3.8, 4) is 0 Å². The molecule has 0 radical (unpaired) electrons. The zero-order chi connectivity index (χ0) is 20.2. The fourth-order valence-corrected chi connectivity index (χ4v) is 0.619. The lowest BCUT2D eigenvalue weighted by Crippen LogP contribution is -2.39. The van der Waals surface area contributed by atoms with E-state index in [1.165, 1.54) is 20.8 Å². The van der Waals surface area contributed by atoms with Crippen LogP contribution in [0.1, 0.15) is 20.8 Å². The molecule has 0 aliphatic rings. The summed E-state index contributed by atoms with van der Waals surface area (Å²) in [5, 5.41) is 49.7. The molecule has 0 aromatic rings. The number of aliphatic hydroxyl groups excluding tert-OH is 3. The number of rotatable bonds is 6. The monoisotopic (exact) mass is 357 g/mol. The first-order valence-electron chi connectivity index (χ1n) is 6.66. The summed E-state index contributed by atoms with van der Waals surface area (Å²) in [5.41, 5.74) is 14.7. The average Bonchev–Trinajstić information content (AvgIpc) is 2.45. The lowest BCUT2D eigenvalue weighted by Gasteiger charge is -2.07. The minimum absolute atomic E-state index is 0.979. The van der Waals surface area contributed by atoms with Crippen LogP contribution in [0, 0.1) is 0 Å². The van der Waals surface area contributed by atoms with Crippen LogP contribution < -0.4 is 17.2 Å². The lowest BCUT2D eigenvalue weighted by atomic mass is 10.2. The van der Waals surface area contributed by atoms with Gasteiger partial charge in [-0.1, -0.05) is 0 Å². The van der Waals surface area contributed by atoms with Gasteiger partial charge < -0.3 is 47.8 Å². The van der Waals surface area contributed by atoms with E-state index in [0.29, 0.717) is 0 Å². The highest BCUT2D eigenvalue weighted by Crippen LogP contribution is 1.87. The van der Waals surface area contributed by atoms with Crippen LogP contribution in [0.2, 0.25) is 0 Å². The van der Waals surface area contributed by atoms with Gasteiger partial charge in [-0.05, 0) is 20.8 Å². The minimum Gasteiger partial charge on any atom is -0.480 e. The van der Waals surface area contributed by atoms with E-state index in [9.17, 15) is 14.4 Å². The summed E-state index contributed by atoms with van der Waals surface area (Å²) >= 11 is 0. The number of hydrogen-bond acceptors (Lipinski definition) is 9. The maximum absolute atomic E-state index is 9.86. The number of carbonyl (C=O) groups is 3. The van der Waals surface area contributed by atoms with E-state index in [4.69, 9.17) is 47.8 Å². The third kappa shape index (κ3) is 15.1. The molecular formula is C12H27N3O9. The van der Waals surface area contributed by atoms with E-state index < -0.39 is 54.3 Å². The Balaban J connectivity index is -0.000000276. The van der Waals surface area contributed by atoms with Gasteiger partial charge in [-0.2, -0.15) is 0 Å². The van der Waals surface area contributed by atoms with Gasteiger partial charge in [-0.25, -0.2) is 0 Å². The van der Waals surface area contributed by atoms with Crippen LogP contribution >= 0.6 is 0 Å². The van der Waals surface area contributed by atoms with Crippen LogP contribution in [0.4, 0.5) is 0 Å². The molecule has 0 saturated heterocycles. The molecule has 6 unspecified atom stereocenters. The summed E-state index contributed by atoms with van der Waals surface area (Å²) in [6.07, 6.45) is -2.94. The molecular weight excluding hydrogens is 330 g/mol. The van der Waals surface area contributed by atoms with Gasteiger partial charge in [0, 0.05) is 0 Å². The molecule has 0 aromatic heterocycles. The van der Waals surface area contributed by atoms with Crippen LogP contribution in [-0.4, -0.2) is 85.0 Å². The topological polar surface area (TPSA) is 251 Å². The molecule has 12 N–H and O–H groups in total. The third-order valence-corrected chi connectivity index (χ3v) is 2.41. The van der Waals surface area contributed by atoms with Crippen molar-refractivity contribution < 1.29 is 45.0 Å². The van der Waals surface area contributed by atoms with Crippen LogP contribution in [0.25, 0.3) is 0 Å². The number of carboxylic acids is 3. The van der Waals surface area contributed by atoms with Crippen LogP contribution in [0.5, 0.6) is 0 Å². The lowest BCUT2D eigenvalue weighted by molar-refractivity contribution is -0.141. The van der Waals surface area contributed by atoms with Crippen molar-refractivity contribution in [1.82, 2.24) is 0 Å². The van der Waals surface area contributed by atoms with Gasteiger partial charge in [0.05, 0.1) is 18.3 Å². The SMILES string of the molecule is CC(O)C(N)C(=O)O.CC(O)C(N)C(=O)O.CC(O)C(N)C(=O)O. The molecule has 12 heteroatoms. The highest BCUT2D eigenvalue weighted by atomic mass is 16.4. The number of nitrogens with two attached hydrogens (primary N) is 3. The molecule has 24 heavy (non-hydrogen) atoms. The first-order chi connectivity index (χ1) is 10.7. The fraction of sp³-hybridized carbons (Fsp3) is 0.750. The Morgan fingerprint density at radius 1 is 0.583 bits per heavy atom. The van der Waals surface area contributed by atoms with Gasteiger partial charge in [0.2, 0.25) is 0 Å². The van der Waals surface area contributed by atoms with Crippen molar-refractivity contribution in [1.29, 1.82) is 0 Å². The number of hydrogen-bond donors (Lipinski definition) is 9. The maximum atomic E-state index is 9.86.